The molecular formula is C11H16FNO. The molecule has 0 aliphatic heterocycles. The largest absolute Gasteiger partial charge is 0.508 e. The van der Waals surface area contributed by atoms with Crippen LogP contribution in [0.4, 0.5) is 4.39 Å². The minimum absolute atomic E-state index is 0.0225. The van der Waals surface area contributed by atoms with Crippen molar-refractivity contribution >= 4 is 0 Å². The van der Waals surface area contributed by atoms with Gasteiger partial charge in [-0.2, -0.15) is 0 Å². The van der Waals surface area contributed by atoms with Crippen molar-refractivity contribution in [1.82, 2.24) is 5.32 Å². The zero-order chi connectivity index (χ0) is 10.6. The lowest BCUT2D eigenvalue weighted by Gasteiger charge is -2.14. The smallest absolute Gasteiger partial charge is 0.123 e. The van der Waals surface area contributed by atoms with E-state index in [1.54, 1.807) is 0 Å². The number of phenolic OH excluding ortho intramolecular Hbond substituents is 1. The molecule has 0 spiro atoms. The number of rotatable bonds is 4. The summed E-state index contributed by atoms with van der Waals surface area (Å²) in [7, 11) is 0. The maximum absolute atomic E-state index is 12.9. The molecule has 1 aromatic carbocycles. The van der Waals surface area contributed by atoms with Crippen LogP contribution in [0.1, 0.15) is 31.9 Å². The van der Waals surface area contributed by atoms with E-state index in [1.165, 1.54) is 18.2 Å². The normalized spacial score (nSPS) is 12.8. The summed E-state index contributed by atoms with van der Waals surface area (Å²) in [6.07, 6.45) is 1.01. The summed E-state index contributed by atoms with van der Waals surface area (Å²) in [4.78, 5) is 0. The average molecular weight is 197 g/mol. The quantitative estimate of drug-likeness (QED) is 0.777. The molecule has 0 heterocycles. The number of phenols is 1. The number of hydrogen-bond donors (Lipinski definition) is 2. The van der Waals surface area contributed by atoms with Gasteiger partial charge in [0.15, 0.2) is 0 Å². The van der Waals surface area contributed by atoms with E-state index in [0.29, 0.717) is 5.56 Å². The second-order valence-electron chi connectivity index (χ2n) is 3.38. The molecule has 3 heteroatoms. The Labute approximate surface area is 83.8 Å². The average Bonchev–Trinajstić information content (AvgIpc) is 2.18. The van der Waals surface area contributed by atoms with Gasteiger partial charge in [0.05, 0.1) is 0 Å². The highest BCUT2D eigenvalue weighted by atomic mass is 19.1. The van der Waals surface area contributed by atoms with Crippen LogP contribution in [0.15, 0.2) is 18.2 Å². The molecule has 0 aliphatic rings. The first-order chi connectivity index (χ1) is 6.65. The van der Waals surface area contributed by atoms with E-state index in [-0.39, 0.29) is 17.6 Å². The van der Waals surface area contributed by atoms with Crippen molar-refractivity contribution in [2.24, 2.45) is 0 Å². The number of halogens is 1. The molecule has 78 valence electrons. The van der Waals surface area contributed by atoms with Gasteiger partial charge in [-0.05, 0) is 38.1 Å². The van der Waals surface area contributed by atoms with Crippen molar-refractivity contribution in [2.45, 2.75) is 26.3 Å². The van der Waals surface area contributed by atoms with Crippen LogP contribution in [0, 0.1) is 5.82 Å². The summed E-state index contributed by atoms with van der Waals surface area (Å²) in [5, 5.41) is 12.7. The van der Waals surface area contributed by atoms with Gasteiger partial charge >= 0.3 is 0 Å². The van der Waals surface area contributed by atoms with Crippen LogP contribution in [0.2, 0.25) is 0 Å². The summed E-state index contributed by atoms with van der Waals surface area (Å²) < 4.78 is 12.9. The van der Waals surface area contributed by atoms with E-state index in [0.717, 1.165) is 13.0 Å². The molecule has 0 aromatic heterocycles. The third-order valence-electron chi connectivity index (χ3n) is 2.16. The summed E-state index contributed by atoms with van der Waals surface area (Å²) in [5.41, 5.74) is 0.610. The van der Waals surface area contributed by atoms with E-state index in [1.807, 2.05) is 6.92 Å². The Balaban J connectivity index is 2.77. The molecule has 0 unspecified atom stereocenters. The van der Waals surface area contributed by atoms with Crippen LogP contribution in [0.25, 0.3) is 0 Å². The highest BCUT2D eigenvalue weighted by Gasteiger charge is 2.09. The van der Waals surface area contributed by atoms with Gasteiger partial charge < -0.3 is 10.4 Å². The molecule has 2 N–H and O–H groups in total. The van der Waals surface area contributed by atoms with Crippen molar-refractivity contribution in [3.63, 3.8) is 0 Å². The zero-order valence-corrected chi connectivity index (χ0v) is 8.55. The molecule has 0 fully saturated rings. The lowest BCUT2D eigenvalue weighted by molar-refractivity contribution is 0.449. The van der Waals surface area contributed by atoms with Crippen LogP contribution < -0.4 is 5.32 Å². The first-order valence-electron chi connectivity index (χ1n) is 4.87. The fourth-order valence-corrected chi connectivity index (χ4v) is 1.34. The Kier molecular flexibility index (Phi) is 3.89. The number of aromatic hydroxyl groups is 1. The molecule has 0 amide bonds. The molecular weight excluding hydrogens is 181 g/mol. The van der Waals surface area contributed by atoms with Crippen molar-refractivity contribution in [2.75, 3.05) is 6.54 Å². The van der Waals surface area contributed by atoms with Crippen LogP contribution in [0.3, 0.4) is 0 Å². The molecule has 0 radical (unpaired) electrons. The number of benzene rings is 1. The molecule has 1 atom stereocenters. The SMILES string of the molecule is CCCN[C@H](C)c1cc(F)ccc1O. The molecule has 14 heavy (non-hydrogen) atoms. The maximum Gasteiger partial charge on any atom is 0.123 e. The molecule has 2 nitrogen and oxygen atoms in total. The second kappa shape index (κ2) is 4.96. The lowest BCUT2D eigenvalue weighted by atomic mass is 10.1. The molecule has 0 saturated heterocycles. The van der Waals surface area contributed by atoms with Crippen molar-refractivity contribution < 1.29 is 9.50 Å². The van der Waals surface area contributed by atoms with E-state index in [4.69, 9.17) is 0 Å². The molecule has 0 saturated carbocycles. The standard InChI is InChI=1S/C11H16FNO/c1-3-6-13-8(2)10-7-9(12)4-5-11(10)14/h4-5,7-8,13-14H,3,6H2,1-2H3/t8-/m1/s1. The van der Waals surface area contributed by atoms with Crippen LogP contribution in [-0.2, 0) is 0 Å². The van der Waals surface area contributed by atoms with Gasteiger partial charge in [-0.1, -0.05) is 6.92 Å². The van der Waals surface area contributed by atoms with E-state index >= 15 is 0 Å². The number of hydrogen-bond acceptors (Lipinski definition) is 2. The fourth-order valence-electron chi connectivity index (χ4n) is 1.34. The highest BCUT2D eigenvalue weighted by Crippen LogP contribution is 2.24. The van der Waals surface area contributed by atoms with Gasteiger partial charge in [0, 0.05) is 11.6 Å². The predicted octanol–water partition coefficient (Wildman–Crippen LogP) is 2.59. The van der Waals surface area contributed by atoms with Crippen molar-refractivity contribution in [1.29, 1.82) is 0 Å². The predicted molar refractivity (Wildman–Crippen MR) is 54.8 cm³/mol. The summed E-state index contributed by atoms with van der Waals surface area (Å²) >= 11 is 0. The highest BCUT2D eigenvalue weighted by molar-refractivity contribution is 5.34. The van der Waals surface area contributed by atoms with Gasteiger partial charge in [0.1, 0.15) is 11.6 Å². The summed E-state index contributed by atoms with van der Waals surface area (Å²) in [5.74, 6) is -0.176. The first kappa shape index (κ1) is 11.0. The van der Waals surface area contributed by atoms with Gasteiger partial charge in [-0.3, -0.25) is 0 Å². The van der Waals surface area contributed by atoms with Gasteiger partial charge in [-0.15, -0.1) is 0 Å². The Morgan fingerprint density at radius 2 is 2.21 bits per heavy atom. The summed E-state index contributed by atoms with van der Waals surface area (Å²) in [6.45, 7) is 4.83. The lowest BCUT2D eigenvalue weighted by Crippen LogP contribution is -2.19. The molecule has 1 rings (SSSR count). The van der Waals surface area contributed by atoms with Gasteiger partial charge in [0.2, 0.25) is 0 Å². The van der Waals surface area contributed by atoms with Gasteiger partial charge in [0.25, 0.3) is 0 Å². The third-order valence-corrected chi connectivity index (χ3v) is 2.16. The maximum atomic E-state index is 12.9. The Bertz CT molecular complexity index is 301. The molecule has 0 aliphatic carbocycles. The number of nitrogens with one attached hydrogen (secondary N) is 1. The monoisotopic (exact) mass is 197 g/mol. The molecule has 1 aromatic rings. The minimum Gasteiger partial charge on any atom is -0.508 e. The Morgan fingerprint density at radius 1 is 1.50 bits per heavy atom. The Hall–Kier alpha value is -1.09. The minimum atomic E-state index is -0.317. The first-order valence-corrected chi connectivity index (χ1v) is 4.87. The Morgan fingerprint density at radius 3 is 2.86 bits per heavy atom. The fraction of sp³-hybridized carbons (Fsp3) is 0.455. The summed E-state index contributed by atoms with van der Waals surface area (Å²) in [6, 6.07) is 3.98. The second-order valence-corrected chi connectivity index (χ2v) is 3.38. The van der Waals surface area contributed by atoms with E-state index < -0.39 is 0 Å². The third kappa shape index (κ3) is 2.70. The van der Waals surface area contributed by atoms with Crippen LogP contribution in [0.5, 0.6) is 5.75 Å². The molecule has 0 bridgehead atoms. The van der Waals surface area contributed by atoms with E-state index in [2.05, 4.69) is 12.2 Å². The van der Waals surface area contributed by atoms with Crippen molar-refractivity contribution in [3.8, 4) is 5.75 Å². The van der Waals surface area contributed by atoms with Crippen LogP contribution >= 0.6 is 0 Å². The zero-order valence-electron chi connectivity index (χ0n) is 8.55. The van der Waals surface area contributed by atoms with Gasteiger partial charge in [-0.25, -0.2) is 4.39 Å². The van der Waals surface area contributed by atoms with Crippen molar-refractivity contribution in [3.05, 3.63) is 29.6 Å². The van der Waals surface area contributed by atoms with E-state index in [9.17, 15) is 9.50 Å². The van der Waals surface area contributed by atoms with Crippen LogP contribution in [-0.4, -0.2) is 11.7 Å². The topological polar surface area (TPSA) is 32.3 Å².